The number of halogens is 1. The molecule has 7 heteroatoms. The summed E-state index contributed by atoms with van der Waals surface area (Å²) >= 11 is 3.06. The van der Waals surface area contributed by atoms with E-state index in [1.165, 1.54) is 31.4 Å². The number of esters is 1. The van der Waals surface area contributed by atoms with Crippen LogP contribution in [0.3, 0.4) is 0 Å². The molecule has 0 spiro atoms. The Balaban J connectivity index is 3.04. The summed E-state index contributed by atoms with van der Waals surface area (Å²) in [5.41, 5.74) is -0.153. The van der Waals surface area contributed by atoms with Gasteiger partial charge in [0, 0.05) is 6.07 Å². The molecule has 0 aliphatic carbocycles. The summed E-state index contributed by atoms with van der Waals surface area (Å²) < 4.78 is 9.96. The third-order valence-corrected chi connectivity index (χ3v) is 2.84. The number of methoxy groups -OCH3 is 1. The molecule has 1 unspecified atom stereocenters. The molecule has 1 aromatic rings. The first-order valence-electron chi connectivity index (χ1n) is 4.81. The molecular formula is C11H10BrNO5. The van der Waals surface area contributed by atoms with Crippen LogP contribution in [0.2, 0.25) is 0 Å². The van der Waals surface area contributed by atoms with Crippen LogP contribution >= 0.6 is 15.9 Å². The van der Waals surface area contributed by atoms with E-state index in [1.54, 1.807) is 0 Å². The molecule has 0 amide bonds. The first-order valence-corrected chi connectivity index (χ1v) is 5.60. The van der Waals surface area contributed by atoms with E-state index in [1.807, 2.05) is 0 Å². The monoisotopic (exact) mass is 315 g/mol. The number of hydrogen-bond donors (Lipinski definition) is 0. The lowest BCUT2D eigenvalue weighted by Gasteiger charge is -2.14. The Morgan fingerprint density at radius 1 is 1.61 bits per heavy atom. The first-order chi connectivity index (χ1) is 8.51. The maximum absolute atomic E-state index is 11.3. The summed E-state index contributed by atoms with van der Waals surface area (Å²) in [4.78, 5) is 21.5. The zero-order valence-electron chi connectivity index (χ0n) is 9.46. The van der Waals surface area contributed by atoms with Crippen molar-refractivity contribution in [3.63, 3.8) is 0 Å². The Labute approximate surface area is 111 Å². The van der Waals surface area contributed by atoms with E-state index in [0.717, 1.165) is 0 Å². The van der Waals surface area contributed by atoms with E-state index < -0.39 is 17.0 Å². The van der Waals surface area contributed by atoms with Crippen molar-refractivity contribution < 1.29 is 19.2 Å². The lowest BCUT2D eigenvalue weighted by Crippen LogP contribution is -2.26. The Bertz CT molecular complexity index is 488. The van der Waals surface area contributed by atoms with Gasteiger partial charge in [-0.05, 0) is 28.1 Å². The lowest BCUT2D eigenvalue weighted by atomic mass is 10.3. The molecule has 1 rings (SSSR count). The van der Waals surface area contributed by atoms with Crippen molar-refractivity contribution in [1.82, 2.24) is 0 Å². The van der Waals surface area contributed by atoms with Gasteiger partial charge in [-0.2, -0.15) is 0 Å². The van der Waals surface area contributed by atoms with Gasteiger partial charge in [-0.1, -0.05) is 12.6 Å². The van der Waals surface area contributed by atoms with Crippen LogP contribution in [0.15, 0.2) is 35.3 Å². The minimum absolute atomic E-state index is 0.153. The van der Waals surface area contributed by atoms with Gasteiger partial charge in [0.15, 0.2) is 0 Å². The Hall–Kier alpha value is -1.89. The second-order valence-electron chi connectivity index (χ2n) is 3.14. The highest BCUT2D eigenvalue weighted by Crippen LogP contribution is 2.34. The maximum atomic E-state index is 11.3. The van der Waals surface area contributed by atoms with Crippen molar-refractivity contribution in [3.05, 3.63) is 45.4 Å². The molecule has 0 N–H and O–H groups in total. The second-order valence-corrected chi connectivity index (χ2v) is 3.94. The first kappa shape index (κ1) is 14.2. The van der Waals surface area contributed by atoms with E-state index in [9.17, 15) is 14.9 Å². The molecule has 96 valence electrons. The van der Waals surface area contributed by atoms with Gasteiger partial charge in [-0.25, -0.2) is 4.79 Å². The molecule has 6 nitrogen and oxygen atoms in total. The molecule has 0 aliphatic heterocycles. The van der Waals surface area contributed by atoms with Crippen LogP contribution in [-0.2, 0) is 9.53 Å². The fourth-order valence-corrected chi connectivity index (χ4v) is 1.68. The fourth-order valence-electron chi connectivity index (χ4n) is 1.18. The van der Waals surface area contributed by atoms with Gasteiger partial charge in [-0.15, -0.1) is 0 Å². The molecule has 0 heterocycles. The molecule has 0 saturated carbocycles. The number of nitro benzene ring substituents is 1. The van der Waals surface area contributed by atoms with Crippen LogP contribution in [0.1, 0.15) is 0 Å². The van der Waals surface area contributed by atoms with E-state index in [-0.39, 0.29) is 15.9 Å². The van der Waals surface area contributed by atoms with Crippen LogP contribution in [0.4, 0.5) is 5.69 Å². The molecule has 18 heavy (non-hydrogen) atoms. The van der Waals surface area contributed by atoms with Crippen molar-refractivity contribution in [1.29, 1.82) is 0 Å². The maximum Gasteiger partial charge on any atom is 0.351 e. The average Bonchev–Trinajstić information content (AvgIpc) is 2.36. The van der Waals surface area contributed by atoms with Crippen LogP contribution in [0.25, 0.3) is 0 Å². The number of hydrogen-bond acceptors (Lipinski definition) is 5. The smallest absolute Gasteiger partial charge is 0.351 e. The Morgan fingerprint density at radius 3 is 2.78 bits per heavy atom. The van der Waals surface area contributed by atoms with Crippen LogP contribution in [0, 0.1) is 10.1 Å². The van der Waals surface area contributed by atoms with Gasteiger partial charge in [-0.3, -0.25) is 10.1 Å². The molecule has 0 aliphatic rings. The summed E-state index contributed by atoms with van der Waals surface area (Å²) in [6, 6.07) is 4.27. The third-order valence-electron chi connectivity index (χ3n) is 2.04. The molecule has 0 saturated heterocycles. The van der Waals surface area contributed by atoms with Gasteiger partial charge < -0.3 is 9.47 Å². The summed E-state index contributed by atoms with van der Waals surface area (Å²) in [5, 5.41) is 10.7. The number of nitro groups is 1. The van der Waals surface area contributed by atoms with Gasteiger partial charge in [0.25, 0.3) is 5.69 Å². The topological polar surface area (TPSA) is 78.7 Å². The lowest BCUT2D eigenvalue weighted by molar-refractivity contribution is -0.385. The van der Waals surface area contributed by atoms with E-state index in [0.29, 0.717) is 0 Å². The molecule has 0 aromatic heterocycles. The number of benzene rings is 1. The zero-order chi connectivity index (χ0) is 13.7. The minimum atomic E-state index is -1.02. The normalized spacial score (nSPS) is 11.4. The van der Waals surface area contributed by atoms with Crippen molar-refractivity contribution in [3.8, 4) is 5.75 Å². The fraction of sp³-hybridized carbons (Fsp3) is 0.182. The summed E-state index contributed by atoms with van der Waals surface area (Å²) in [7, 11) is 1.21. The van der Waals surface area contributed by atoms with E-state index in [4.69, 9.17) is 4.74 Å². The predicted octanol–water partition coefficient (Wildman–Crippen LogP) is 2.46. The van der Waals surface area contributed by atoms with Crippen molar-refractivity contribution in [2.75, 3.05) is 7.11 Å². The Kier molecular flexibility index (Phi) is 4.85. The molecular weight excluding hydrogens is 306 g/mol. The number of carbonyl (C=O) groups is 1. The van der Waals surface area contributed by atoms with E-state index in [2.05, 4.69) is 27.2 Å². The highest BCUT2D eigenvalue weighted by molar-refractivity contribution is 9.10. The standard InChI is InChI=1S/C11H10BrNO5/c1-3-8(11(14)17-2)18-9-6-4-5-7(10(9)12)13(15)16/h3-6,8H,1H2,2H3. The van der Waals surface area contributed by atoms with Crippen molar-refractivity contribution >= 4 is 27.6 Å². The average molecular weight is 316 g/mol. The molecule has 1 atom stereocenters. The predicted molar refractivity (Wildman–Crippen MR) is 67.4 cm³/mol. The number of nitrogens with zero attached hydrogens (tertiary/aromatic N) is 1. The van der Waals surface area contributed by atoms with Crippen LogP contribution in [-0.4, -0.2) is 24.1 Å². The summed E-state index contributed by atoms with van der Waals surface area (Å²) in [6.07, 6.45) is 0.227. The molecule has 0 radical (unpaired) electrons. The third kappa shape index (κ3) is 3.07. The highest BCUT2D eigenvalue weighted by atomic mass is 79.9. The van der Waals surface area contributed by atoms with Crippen LogP contribution < -0.4 is 4.74 Å². The second kappa shape index (κ2) is 6.15. The summed E-state index contributed by atoms with van der Waals surface area (Å²) in [6.45, 7) is 3.44. The minimum Gasteiger partial charge on any atom is -0.473 e. The largest absolute Gasteiger partial charge is 0.473 e. The Morgan fingerprint density at radius 2 is 2.28 bits per heavy atom. The zero-order valence-corrected chi connectivity index (χ0v) is 11.0. The molecule has 1 aromatic carbocycles. The van der Waals surface area contributed by atoms with E-state index >= 15 is 0 Å². The van der Waals surface area contributed by atoms with Crippen molar-refractivity contribution in [2.45, 2.75) is 6.10 Å². The number of ether oxygens (including phenoxy) is 2. The molecule has 0 bridgehead atoms. The highest BCUT2D eigenvalue weighted by Gasteiger charge is 2.22. The summed E-state index contributed by atoms with van der Waals surface area (Å²) in [5.74, 6) is -0.470. The molecule has 0 fully saturated rings. The number of carbonyl (C=O) groups excluding carboxylic acids is 1. The van der Waals surface area contributed by atoms with Gasteiger partial charge in [0.1, 0.15) is 10.2 Å². The van der Waals surface area contributed by atoms with Gasteiger partial charge >= 0.3 is 5.97 Å². The van der Waals surface area contributed by atoms with Crippen LogP contribution in [0.5, 0.6) is 5.75 Å². The van der Waals surface area contributed by atoms with Gasteiger partial charge in [0.2, 0.25) is 6.10 Å². The van der Waals surface area contributed by atoms with Gasteiger partial charge in [0.05, 0.1) is 12.0 Å². The van der Waals surface area contributed by atoms with Crippen molar-refractivity contribution in [2.24, 2.45) is 0 Å². The quantitative estimate of drug-likeness (QED) is 0.361. The number of rotatable bonds is 5. The SMILES string of the molecule is C=CC(Oc1cccc([N+](=O)[O-])c1Br)C(=O)OC.